The SMILES string of the molecule is CSCCC1CN(Cc2c[nH]cn2)c2ccccc2CN1Cc1cccc2ccccc12. The molecule has 0 saturated carbocycles. The quantitative estimate of drug-likeness (QED) is 0.398. The van der Waals surface area contributed by atoms with Crippen LogP contribution in [0.5, 0.6) is 0 Å². The number of nitrogens with one attached hydrogen (secondary N) is 1. The van der Waals surface area contributed by atoms with Gasteiger partial charge in [-0.2, -0.15) is 11.8 Å². The van der Waals surface area contributed by atoms with Crippen LogP contribution in [0.4, 0.5) is 5.69 Å². The highest BCUT2D eigenvalue weighted by atomic mass is 32.2. The third-order valence-corrected chi connectivity index (χ3v) is 7.11. The number of aromatic nitrogens is 2. The average molecular weight is 443 g/mol. The number of hydrogen-bond donors (Lipinski definition) is 1. The van der Waals surface area contributed by atoms with E-state index in [0.29, 0.717) is 6.04 Å². The maximum absolute atomic E-state index is 4.51. The van der Waals surface area contributed by atoms with Crippen LogP contribution in [0.25, 0.3) is 10.8 Å². The summed E-state index contributed by atoms with van der Waals surface area (Å²) in [6, 6.07) is 24.8. The van der Waals surface area contributed by atoms with Crippen LogP contribution >= 0.6 is 11.8 Å². The molecule has 0 radical (unpaired) electrons. The summed E-state index contributed by atoms with van der Waals surface area (Å²) in [6.45, 7) is 3.77. The van der Waals surface area contributed by atoms with E-state index < -0.39 is 0 Å². The minimum Gasteiger partial charge on any atom is -0.364 e. The summed E-state index contributed by atoms with van der Waals surface area (Å²) in [5.74, 6) is 1.17. The van der Waals surface area contributed by atoms with Gasteiger partial charge in [0, 0.05) is 37.6 Å². The monoisotopic (exact) mass is 442 g/mol. The van der Waals surface area contributed by atoms with E-state index >= 15 is 0 Å². The van der Waals surface area contributed by atoms with Gasteiger partial charge in [-0.15, -0.1) is 0 Å². The third kappa shape index (κ3) is 4.54. The van der Waals surface area contributed by atoms with E-state index in [1.54, 1.807) is 6.33 Å². The number of fused-ring (bicyclic) bond motifs is 2. The van der Waals surface area contributed by atoms with E-state index in [4.69, 9.17) is 0 Å². The first-order chi connectivity index (χ1) is 15.8. The molecule has 1 atom stereocenters. The Morgan fingerprint density at radius 1 is 1.00 bits per heavy atom. The normalized spacial score (nSPS) is 16.8. The number of benzene rings is 3. The lowest BCUT2D eigenvalue weighted by molar-refractivity contribution is 0.182. The van der Waals surface area contributed by atoms with E-state index in [1.165, 1.54) is 39.8 Å². The van der Waals surface area contributed by atoms with Gasteiger partial charge in [0.2, 0.25) is 0 Å². The van der Waals surface area contributed by atoms with Crippen molar-refractivity contribution in [1.82, 2.24) is 14.9 Å². The van der Waals surface area contributed by atoms with E-state index in [0.717, 1.165) is 31.9 Å². The molecule has 3 aromatic carbocycles. The summed E-state index contributed by atoms with van der Waals surface area (Å²) in [7, 11) is 0. The Hall–Kier alpha value is -2.76. The lowest BCUT2D eigenvalue weighted by Crippen LogP contribution is -2.41. The van der Waals surface area contributed by atoms with Gasteiger partial charge in [0.1, 0.15) is 0 Å². The molecule has 5 rings (SSSR count). The Morgan fingerprint density at radius 2 is 1.84 bits per heavy atom. The molecule has 1 unspecified atom stereocenters. The van der Waals surface area contributed by atoms with E-state index in [9.17, 15) is 0 Å². The van der Waals surface area contributed by atoms with Crippen LogP contribution in [0, 0.1) is 0 Å². The molecule has 4 aromatic rings. The Labute approximate surface area is 194 Å². The molecule has 0 bridgehead atoms. The Morgan fingerprint density at radius 3 is 2.72 bits per heavy atom. The summed E-state index contributed by atoms with van der Waals surface area (Å²) in [4.78, 5) is 12.8. The minimum atomic E-state index is 0.479. The van der Waals surface area contributed by atoms with Crippen molar-refractivity contribution in [2.75, 3.05) is 23.5 Å². The standard InChI is InChI=1S/C27H30N4S/c1-32-14-13-25-19-31(18-24-15-28-20-29-24)27-12-5-3-8-23(27)17-30(25)16-22-10-6-9-21-7-2-4-11-26(21)22/h2-12,15,20,25H,13-14,16-19H2,1H3,(H,28,29). The number of para-hydroxylation sites is 1. The second-order valence-corrected chi connectivity index (χ2v) is 9.53. The molecule has 32 heavy (non-hydrogen) atoms. The molecule has 0 aliphatic carbocycles. The van der Waals surface area contributed by atoms with Gasteiger partial charge < -0.3 is 9.88 Å². The van der Waals surface area contributed by atoms with Gasteiger partial charge in [-0.3, -0.25) is 4.90 Å². The first-order valence-corrected chi connectivity index (χ1v) is 12.7. The molecular weight excluding hydrogens is 412 g/mol. The summed E-state index contributed by atoms with van der Waals surface area (Å²) < 4.78 is 0. The topological polar surface area (TPSA) is 35.2 Å². The summed E-state index contributed by atoms with van der Waals surface area (Å²) in [5, 5.41) is 2.69. The largest absolute Gasteiger partial charge is 0.364 e. The zero-order valence-corrected chi connectivity index (χ0v) is 19.4. The van der Waals surface area contributed by atoms with Crippen molar-refractivity contribution in [3.05, 3.63) is 96.1 Å². The lowest BCUT2D eigenvalue weighted by atomic mass is 10.0. The van der Waals surface area contributed by atoms with Crippen LogP contribution in [0.2, 0.25) is 0 Å². The molecule has 2 heterocycles. The Bertz CT molecular complexity index is 1150. The van der Waals surface area contributed by atoms with Gasteiger partial charge >= 0.3 is 0 Å². The van der Waals surface area contributed by atoms with Crippen LogP contribution < -0.4 is 4.90 Å². The van der Waals surface area contributed by atoms with Crippen molar-refractivity contribution in [2.45, 2.75) is 32.1 Å². The number of H-pyrrole nitrogens is 1. The second kappa shape index (κ2) is 9.80. The van der Waals surface area contributed by atoms with Gasteiger partial charge in [0.25, 0.3) is 0 Å². The summed E-state index contributed by atoms with van der Waals surface area (Å²) in [5.41, 5.74) is 5.24. The summed E-state index contributed by atoms with van der Waals surface area (Å²) >= 11 is 1.94. The lowest BCUT2D eigenvalue weighted by Gasteiger charge is -2.33. The molecule has 0 amide bonds. The highest BCUT2D eigenvalue weighted by molar-refractivity contribution is 7.98. The zero-order valence-electron chi connectivity index (χ0n) is 18.6. The highest BCUT2D eigenvalue weighted by Crippen LogP contribution is 2.31. The van der Waals surface area contributed by atoms with Gasteiger partial charge in [0.05, 0.1) is 18.6 Å². The minimum absolute atomic E-state index is 0.479. The molecule has 5 heteroatoms. The van der Waals surface area contributed by atoms with Crippen molar-refractivity contribution in [1.29, 1.82) is 0 Å². The number of nitrogens with zero attached hydrogens (tertiary/aromatic N) is 3. The van der Waals surface area contributed by atoms with Gasteiger partial charge in [-0.05, 0) is 46.4 Å². The maximum Gasteiger partial charge on any atom is 0.0923 e. The van der Waals surface area contributed by atoms with Crippen molar-refractivity contribution >= 4 is 28.2 Å². The summed E-state index contributed by atoms with van der Waals surface area (Å²) in [6.07, 6.45) is 7.17. The number of rotatable bonds is 7. The molecule has 164 valence electrons. The maximum atomic E-state index is 4.51. The molecule has 4 nitrogen and oxygen atoms in total. The van der Waals surface area contributed by atoms with Crippen LogP contribution in [0.1, 0.15) is 23.2 Å². The van der Waals surface area contributed by atoms with Crippen LogP contribution in [0.15, 0.2) is 79.3 Å². The third-order valence-electron chi connectivity index (χ3n) is 6.47. The van der Waals surface area contributed by atoms with Crippen molar-refractivity contribution in [3.8, 4) is 0 Å². The molecular formula is C27H30N4S. The molecule has 0 fully saturated rings. The number of imidazole rings is 1. The van der Waals surface area contributed by atoms with Gasteiger partial charge in [-0.1, -0.05) is 60.7 Å². The first kappa shape index (κ1) is 21.1. The Kier molecular flexibility index (Phi) is 6.46. The fourth-order valence-electron chi connectivity index (χ4n) is 4.85. The molecule has 1 aliphatic rings. The fraction of sp³-hybridized carbons (Fsp3) is 0.296. The van der Waals surface area contributed by atoms with Crippen LogP contribution in [0.3, 0.4) is 0 Å². The number of anilines is 1. The van der Waals surface area contributed by atoms with E-state index in [2.05, 4.69) is 92.8 Å². The smallest absolute Gasteiger partial charge is 0.0923 e. The van der Waals surface area contributed by atoms with E-state index in [1.807, 2.05) is 18.0 Å². The average Bonchev–Trinajstić information content (AvgIpc) is 3.29. The Balaban J connectivity index is 1.50. The highest BCUT2D eigenvalue weighted by Gasteiger charge is 2.28. The van der Waals surface area contributed by atoms with Crippen molar-refractivity contribution in [3.63, 3.8) is 0 Å². The second-order valence-electron chi connectivity index (χ2n) is 8.55. The molecule has 0 saturated heterocycles. The van der Waals surface area contributed by atoms with Crippen LogP contribution in [-0.4, -0.2) is 39.5 Å². The number of aromatic amines is 1. The predicted molar refractivity (Wildman–Crippen MR) is 136 cm³/mol. The first-order valence-electron chi connectivity index (χ1n) is 11.3. The van der Waals surface area contributed by atoms with Crippen molar-refractivity contribution < 1.29 is 0 Å². The molecule has 1 aliphatic heterocycles. The number of hydrogen-bond acceptors (Lipinski definition) is 4. The molecule has 1 aromatic heterocycles. The zero-order chi connectivity index (χ0) is 21.8. The fourth-order valence-corrected chi connectivity index (χ4v) is 5.36. The molecule has 1 N–H and O–H groups in total. The van der Waals surface area contributed by atoms with Gasteiger partial charge in [-0.25, -0.2) is 4.98 Å². The predicted octanol–water partition coefficient (Wildman–Crippen LogP) is 5.71. The van der Waals surface area contributed by atoms with Gasteiger partial charge in [0.15, 0.2) is 0 Å². The van der Waals surface area contributed by atoms with Crippen molar-refractivity contribution in [2.24, 2.45) is 0 Å². The van der Waals surface area contributed by atoms with Crippen LogP contribution in [-0.2, 0) is 19.6 Å². The molecule has 0 spiro atoms. The van der Waals surface area contributed by atoms with E-state index in [-0.39, 0.29) is 0 Å². The number of thioether (sulfide) groups is 1.